The highest BCUT2D eigenvalue weighted by Gasteiger charge is 2.27. The van der Waals surface area contributed by atoms with Crippen LogP contribution in [0, 0.1) is 17.7 Å². The predicted octanol–water partition coefficient (Wildman–Crippen LogP) is 5.22. The maximum atomic E-state index is 13.6. The first-order valence-electron chi connectivity index (χ1n) is 8.05. The van der Waals surface area contributed by atoms with Crippen LogP contribution in [0.25, 0.3) is 0 Å². The average molecular weight is 312 g/mol. The van der Waals surface area contributed by atoms with Gasteiger partial charge in [-0.1, -0.05) is 49.4 Å². The molecule has 1 unspecified atom stereocenters. The summed E-state index contributed by atoms with van der Waals surface area (Å²) in [6.45, 7) is 7.54. The van der Waals surface area contributed by atoms with Crippen LogP contribution in [0.3, 0.4) is 0 Å². The molecule has 2 rings (SSSR count). The van der Waals surface area contributed by atoms with E-state index in [0.717, 1.165) is 24.4 Å². The quantitative estimate of drug-likeness (QED) is 0.786. The molecule has 0 amide bonds. The van der Waals surface area contributed by atoms with E-state index in [4.69, 9.17) is 11.6 Å². The number of hydrogen-bond acceptors (Lipinski definition) is 1. The predicted molar refractivity (Wildman–Crippen MR) is 88.3 cm³/mol. The largest absolute Gasteiger partial charge is 0.312 e. The summed E-state index contributed by atoms with van der Waals surface area (Å²) in [5.74, 6) is 0.966. The molecule has 1 aliphatic rings. The number of nitrogens with one attached hydrogen (secondary N) is 1. The van der Waals surface area contributed by atoms with Crippen molar-refractivity contribution >= 4 is 11.6 Å². The Morgan fingerprint density at radius 2 is 1.95 bits per heavy atom. The Labute approximate surface area is 133 Å². The Morgan fingerprint density at radius 1 is 1.29 bits per heavy atom. The molecule has 1 fully saturated rings. The maximum absolute atomic E-state index is 13.6. The lowest BCUT2D eigenvalue weighted by atomic mass is 9.85. The molecule has 1 aromatic carbocycles. The molecule has 0 heterocycles. The molecule has 3 heteroatoms. The molecule has 0 radical (unpaired) electrons. The lowest BCUT2D eigenvalue weighted by Gasteiger charge is -2.29. The Balaban J connectivity index is 2.09. The Bertz CT molecular complexity index is 461. The molecule has 1 N–H and O–H groups in total. The summed E-state index contributed by atoms with van der Waals surface area (Å²) in [5.41, 5.74) is 1.06. The molecular formula is C18H27ClFN. The zero-order chi connectivity index (χ0) is 15.5. The normalized spacial score (nSPS) is 18.1. The van der Waals surface area contributed by atoms with Crippen molar-refractivity contribution in [1.29, 1.82) is 0 Å². The van der Waals surface area contributed by atoms with E-state index in [2.05, 4.69) is 26.1 Å². The van der Waals surface area contributed by atoms with Crippen LogP contribution < -0.4 is 5.32 Å². The highest BCUT2D eigenvalue weighted by Crippen LogP contribution is 2.34. The first-order chi connectivity index (χ1) is 9.87. The molecule has 1 aliphatic carbocycles. The van der Waals surface area contributed by atoms with Crippen LogP contribution in [0.4, 0.5) is 4.39 Å². The zero-order valence-corrected chi connectivity index (χ0v) is 14.1. The summed E-state index contributed by atoms with van der Waals surface area (Å²) in [5, 5.41) is 3.92. The van der Waals surface area contributed by atoms with Gasteiger partial charge in [0.15, 0.2) is 0 Å². The molecule has 0 aromatic heterocycles. The van der Waals surface area contributed by atoms with E-state index in [0.29, 0.717) is 10.9 Å². The van der Waals surface area contributed by atoms with Crippen LogP contribution in [0.2, 0.25) is 5.02 Å². The molecule has 0 spiro atoms. The van der Waals surface area contributed by atoms with Gasteiger partial charge in [0.05, 0.1) is 5.02 Å². The molecule has 118 valence electrons. The van der Waals surface area contributed by atoms with Gasteiger partial charge in [-0.25, -0.2) is 4.39 Å². The van der Waals surface area contributed by atoms with Crippen LogP contribution in [-0.4, -0.2) is 12.1 Å². The molecule has 1 saturated carbocycles. The number of rotatable bonds is 5. The highest BCUT2D eigenvalue weighted by molar-refractivity contribution is 6.31. The van der Waals surface area contributed by atoms with Crippen molar-refractivity contribution in [3.63, 3.8) is 0 Å². The molecule has 1 nitrogen and oxygen atoms in total. The number of halogens is 2. The van der Waals surface area contributed by atoms with Crippen molar-refractivity contribution in [2.24, 2.45) is 11.8 Å². The fourth-order valence-corrected chi connectivity index (χ4v) is 3.46. The number of benzene rings is 1. The smallest absolute Gasteiger partial charge is 0.142 e. The van der Waals surface area contributed by atoms with Gasteiger partial charge in [-0.2, -0.15) is 0 Å². The van der Waals surface area contributed by atoms with Crippen LogP contribution in [-0.2, 0) is 6.42 Å². The van der Waals surface area contributed by atoms with Crippen molar-refractivity contribution < 1.29 is 4.39 Å². The Kier molecular flexibility index (Phi) is 5.67. The van der Waals surface area contributed by atoms with E-state index in [9.17, 15) is 4.39 Å². The van der Waals surface area contributed by atoms with Gasteiger partial charge in [-0.15, -0.1) is 0 Å². The zero-order valence-electron chi connectivity index (χ0n) is 13.4. The molecule has 0 aliphatic heterocycles. The van der Waals surface area contributed by atoms with E-state index >= 15 is 0 Å². The van der Waals surface area contributed by atoms with Crippen molar-refractivity contribution in [3.05, 3.63) is 34.6 Å². The molecule has 1 atom stereocenters. The summed E-state index contributed by atoms with van der Waals surface area (Å²) < 4.78 is 13.6. The fraction of sp³-hybridized carbons (Fsp3) is 0.667. The van der Waals surface area contributed by atoms with Crippen molar-refractivity contribution in [2.75, 3.05) is 6.54 Å². The molecule has 1 aromatic rings. The van der Waals surface area contributed by atoms with Gasteiger partial charge in [-0.05, 0) is 57.2 Å². The maximum Gasteiger partial charge on any atom is 0.142 e. The third-order valence-electron chi connectivity index (χ3n) is 4.47. The first kappa shape index (κ1) is 16.8. The van der Waals surface area contributed by atoms with Gasteiger partial charge < -0.3 is 5.32 Å². The van der Waals surface area contributed by atoms with Crippen LogP contribution >= 0.6 is 11.6 Å². The van der Waals surface area contributed by atoms with Gasteiger partial charge in [0.1, 0.15) is 5.82 Å². The van der Waals surface area contributed by atoms with Crippen molar-refractivity contribution in [2.45, 2.75) is 58.4 Å². The molecule has 21 heavy (non-hydrogen) atoms. The van der Waals surface area contributed by atoms with E-state index in [-0.39, 0.29) is 11.4 Å². The highest BCUT2D eigenvalue weighted by atomic mass is 35.5. The Hall–Kier alpha value is -0.600. The minimum absolute atomic E-state index is 0.114. The summed E-state index contributed by atoms with van der Waals surface area (Å²) in [6, 6.07) is 5.16. The van der Waals surface area contributed by atoms with Gasteiger partial charge in [0.25, 0.3) is 0 Å². The average Bonchev–Trinajstić information content (AvgIpc) is 2.92. The minimum atomic E-state index is -0.303. The summed E-state index contributed by atoms with van der Waals surface area (Å²) in [7, 11) is 0. The summed E-state index contributed by atoms with van der Waals surface area (Å²) >= 11 is 6.14. The molecular weight excluding hydrogens is 285 g/mol. The molecule has 0 bridgehead atoms. The molecule has 0 saturated heterocycles. The third kappa shape index (κ3) is 4.96. The van der Waals surface area contributed by atoms with E-state index in [1.165, 1.54) is 31.7 Å². The second-order valence-corrected chi connectivity index (χ2v) is 7.73. The lowest BCUT2D eigenvalue weighted by molar-refractivity contribution is 0.286. The lowest BCUT2D eigenvalue weighted by Crippen LogP contribution is -2.41. The van der Waals surface area contributed by atoms with Crippen LogP contribution in [0.5, 0.6) is 0 Å². The fourth-order valence-electron chi connectivity index (χ4n) is 3.26. The van der Waals surface area contributed by atoms with Crippen molar-refractivity contribution in [1.82, 2.24) is 5.32 Å². The van der Waals surface area contributed by atoms with Crippen molar-refractivity contribution in [3.8, 4) is 0 Å². The van der Waals surface area contributed by atoms with E-state index < -0.39 is 0 Å². The SMILES string of the molecule is CC(C)(C)NCC(Cc1cccc(F)c1Cl)C1CCCC1. The number of hydrogen-bond donors (Lipinski definition) is 1. The topological polar surface area (TPSA) is 12.0 Å². The van der Waals surface area contributed by atoms with Gasteiger partial charge >= 0.3 is 0 Å². The summed E-state index contributed by atoms with van der Waals surface area (Å²) in [4.78, 5) is 0. The minimum Gasteiger partial charge on any atom is -0.312 e. The van der Waals surface area contributed by atoms with Gasteiger partial charge in [0, 0.05) is 5.54 Å². The van der Waals surface area contributed by atoms with E-state index in [1.807, 2.05) is 6.07 Å². The van der Waals surface area contributed by atoms with Crippen LogP contribution in [0.15, 0.2) is 18.2 Å². The second kappa shape index (κ2) is 7.11. The standard InChI is InChI=1S/C18H27ClFN/c1-18(2,3)21-12-15(13-7-4-5-8-13)11-14-9-6-10-16(20)17(14)19/h6,9-10,13,15,21H,4-5,7-8,11-12H2,1-3H3. The van der Waals surface area contributed by atoms with Gasteiger partial charge in [-0.3, -0.25) is 0 Å². The van der Waals surface area contributed by atoms with E-state index in [1.54, 1.807) is 6.07 Å². The monoisotopic (exact) mass is 311 g/mol. The van der Waals surface area contributed by atoms with Crippen LogP contribution in [0.1, 0.15) is 52.0 Å². The second-order valence-electron chi connectivity index (χ2n) is 7.35. The Morgan fingerprint density at radius 3 is 2.57 bits per heavy atom. The summed E-state index contributed by atoms with van der Waals surface area (Å²) in [6.07, 6.45) is 6.11. The third-order valence-corrected chi connectivity index (χ3v) is 4.90. The first-order valence-corrected chi connectivity index (χ1v) is 8.42. The van der Waals surface area contributed by atoms with Gasteiger partial charge in [0.2, 0.25) is 0 Å².